The van der Waals surface area contributed by atoms with Crippen LogP contribution in [0.2, 0.25) is 0 Å². The largest absolute Gasteiger partial charge is 0.542 e. The molecule has 0 atom stereocenters. The Hall–Kier alpha value is -1.57. The zero-order chi connectivity index (χ0) is 12.2. The van der Waals surface area contributed by atoms with Gasteiger partial charge in [-0.1, -0.05) is 0 Å². The zero-order valence-electron chi connectivity index (χ0n) is 8.17. The number of aliphatic carboxylic acids is 1. The lowest BCUT2D eigenvalue weighted by Gasteiger charge is -2.06. The Morgan fingerprint density at radius 1 is 1.56 bits per heavy atom. The molecule has 8 heteroatoms. The molecule has 0 saturated heterocycles. The summed E-state index contributed by atoms with van der Waals surface area (Å²) in [5, 5.41) is 18.0. The number of carboxylic acids is 1. The van der Waals surface area contributed by atoms with Crippen LogP contribution in [0.1, 0.15) is 11.3 Å². The molecule has 0 spiro atoms. The summed E-state index contributed by atoms with van der Waals surface area (Å²) in [5.41, 5.74) is 2.71. The molecular weight excluding hydrogens is 227 g/mol. The summed E-state index contributed by atoms with van der Waals surface area (Å²) in [6, 6.07) is 0. The van der Waals surface area contributed by atoms with Gasteiger partial charge in [0, 0.05) is 12.0 Å². The van der Waals surface area contributed by atoms with Crippen LogP contribution in [-0.2, 0) is 17.8 Å². The Morgan fingerprint density at radius 2 is 2.19 bits per heavy atom. The van der Waals surface area contributed by atoms with E-state index in [1.807, 2.05) is 6.20 Å². The molecule has 0 aromatic carbocycles. The first kappa shape index (κ1) is 12.5. The van der Waals surface area contributed by atoms with Crippen LogP contribution in [0.25, 0.3) is 0 Å². The minimum atomic E-state index is -5.19. The van der Waals surface area contributed by atoms with Gasteiger partial charge in [-0.2, -0.15) is 18.3 Å². The van der Waals surface area contributed by atoms with Gasteiger partial charge in [-0.25, -0.2) is 0 Å². The van der Waals surface area contributed by atoms with Gasteiger partial charge < -0.3 is 15.2 Å². The maximum atomic E-state index is 10.5. The summed E-state index contributed by atoms with van der Waals surface area (Å²) < 4.78 is 31.5. The lowest BCUT2D eigenvalue weighted by molar-refractivity contribution is -0.674. The summed E-state index contributed by atoms with van der Waals surface area (Å²) in [6.45, 7) is 2.29. The van der Waals surface area contributed by atoms with E-state index < -0.39 is 12.1 Å². The van der Waals surface area contributed by atoms with E-state index in [4.69, 9.17) is 9.90 Å². The molecule has 1 aliphatic rings. The summed E-state index contributed by atoms with van der Waals surface area (Å²) in [5.74, 6) is -3.01. The molecule has 1 aliphatic heterocycles. The molecule has 0 unspecified atom stereocenters. The monoisotopic (exact) mass is 237 g/mol. The van der Waals surface area contributed by atoms with Crippen molar-refractivity contribution in [1.82, 2.24) is 10.2 Å². The number of nitrogens with zero attached hydrogens (tertiary/aromatic N) is 1. The van der Waals surface area contributed by atoms with Crippen LogP contribution in [0.3, 0.4) is 0 Å². The van der Waals surface area contributed by atoms with Gasteiger partial charge in [0.15, 0.2) is 0 Å². The normalized spacial score (nSPS) is 14.7. The van der Waals surface area contributed by atoms with Crippen LogP contribution in [-0.4, -0.2) is 28.9 Å². The smallest absolute Gasteiger partial charge is 0.430 e. The van der Waals surface area contributed by atoms with E-state index in [0.29, 0.717) is 0 Å². The summed E-state index contributed by atoms with van der Waals surface area (Å²) in [6.07, 6.45) is -2.09. The zero-order valence-corrected chi connectivity index (χ0v) is 8.17. The fourth-order valence-electron chi connectivity index (χ4n) is 1.23. The number of carbonyl (C=O) groups is 1. The van der Waals surface area contributed by atoms with Crippen molar-refractivity contribution in [2.24, 2.45) is 0 Å². The molecular formula is C8H10F3N3O2. The van der Waals surface area contributed by atoms with Crippen molar-refractivity contribution >= 4 is 5.97 Å². The number of hydrogen-bond acceptors (Lipinski definition) is 3. The van der Waals surface area contributed by atoms with E-state index in [9.17, 15) is 13.2 Å². The molecule has 1 aromatic heterocycles. The number of aromatic amines is 1. The molecule has 2 heterocycles. The van der Waals surface area contributed by atoms with Gasteiger partial charge in [0.1, 0.15) is 12.5 Å². The number of H-pyrrole nitrogens is 1. The summed E-state index contributed by atoms with van der Waals surface area (Å²) in [7, 11) is 0. The van der Waals surface area contributed by atoms with Gasteiger partial charge in [0.2, 0.25) is 0 Å². The number of nitrogens with one attached hydrogen (secondary N) is 1. The first-order valence-electron chi connectivity index (χ1n) is 4.52. The van der Waals surface area contributed by atoms with Crippen molar-refractivity contribution in [2.45, 2.75) is 19.1 Å². The van der Waals surface area contributed by atoms with Crippen LogP contribution in [0.5, 0.6) is 0 Å². The number of alkyl halides is 3. The van der Waals surface area contributed by atoms with Gasteiger partial charge in [-0.15, -0.1) is 0 Å². The number of fused-ring (bicyclic) bond motifs is 1. The number of carbonyl (C=O) groups excluding carboxylic acids is 1. The highest BCUT2D eigenvalue weighted by atomic mass is 19.4. The third-order valence-corrected chi connectivity index (χ3v) is 2.01. The van der Waals surface area contributed by atoms with E-state index in [1.165, 1.54) is 24.2 Å². The van der Waals surface area contributed by atoms with E-state index in [-0.39, 0.29) is 0 Å². The topological polar surface area (TPSA) is 85.4 Å². The van der Waals surface area contributed by atoms with Gasteiger partial charge in [-0.3, -0.25) is 5.10 Å². The average Bonchev–Trinajstić information content (AvgIpc) is 2.64. The average molecular weight is 237 g/mol. The van der Waals surface area contributed by atoms with Gasteiger partial charge in [0.05, 0.1) is 18.4 Å². The third-order valence-electron chi connectivity index (χ3n) is 2.01. The van der Waals surface area contributed by atoms with E-state index in [1.54, 1.807) is 0 Å². The van der Waals surface area contributed by atoms with Crippen molar-refractivity contribution in [2.75, 3.05) is 6.54 Å². The molecule has 0 aliphatic carbocycles. The second-order valence-electron chi connectivity index (χ2n) is 3.19. The third kappa shape index (κ3) is 3.54. The van der Waals surface area contributed by atoms with Crippen molar-refractivity contribution in [1.29, 1.82) is 0 Å². The Kier molecular flexibility index (Phi) is 3.88. The van der Waals surface area contributed by atoms with E-state index in [0.717, 1.165) is 6.54 Å². The molecule has 0 radical (unpaired) electrons. The van der Waals surface area contributed by atoms with Gasteiger partial charge in [-0.05, 0) is 0 Å². The SMILES string of the molecule is O=C([O-])C(F)(F)F.c1n[nH]c2c1CC[NH2+]C2. The minimum absolute atomic E-state index is 1.08. The highest BCUT2D eigenvalue weighted by molar-refractivity contribution is 5.70. The first-order chi connectivity index (χ1) is 7.41. The maximum absolute atomic E-state index is 10.5. The lowest BCUT2D eigenvalue weighted by atomic mass is 10.1. The van der Waals surface area contributed by atoms with Crippen LogP contribution >= 0.6 is 0 Å². The molecule has 0 bridgehead atoms. The van der Waals surface area contributed by atoms with Gasteiger partial charge >= 0.3 is 6.18 Å². The van der Waals surface area contributed by atoms with Crippen LogP contribution in [0.15, 0.2) is 6.20 Å². The number of quaternary nitrogens is 1. The lowest BCUT2D eigenvalue weighted by Crippen LogP contribution is -2.84. The van der Waals surface area contributed by atoms with Crippen molar-refractivity contribution < 1.29 is 28.4 Å². The Morgan fingerprint density at radius 3 is 2.69 bits per heavy atom. The van der Waals surface area contributed by atoms with Crippen LogP contribution in [0, 0.1) is 0 Å². The number of halogens is 3. The quantitative estimate of drug-likeness (QED) is 0.565. The standard InChI is InChI=1S/C6H9N3.C2HF3O2/c1-2-7-4-6-5(1)3-8-9-6;3-2(4,5)1(6)7/h3,7H,1-2,4H2,(H,8,9);(H,6,7). The number of carboxylic acid groups (broad SMARTS) is 1. The molecule has 1 aromatic rings. The highest BCUT2D eigenvalue weighted by Crippen LogP contribution is 2.11. The van der Waals surface area contributed by atoms with Crippen molar-refractivity contribution in [3.8, 4) is 0 Å². The van der Waals surface area contributed by atoms with E-state index >= 15 is 0 Å². The second kappa shape index (κ2) is 4.97. The predicted octanol–water partition coefficient (Wildman–Crippen LogP) is -1.67. The summed E-state index contributed by atoms with van der Waals surface area (Å²) >= 11 is 0. The maximum Gasteiger partial charge on any atom is 0.430 e. The number of nitrogens with two attached hydrogens (primary N) is 1. The fourth-order valence-corrected chi connectivity index (χ4v) is 1.23. The predicted molar refractivity (Wildman–Crippen MR) is 43.9 cm³/mol. The number of rotatable bonds is 0. The van der Waals surface area contributed by atoms with Crippen molar-refractivity contribution in [3.63, 3.8) is 0 Å². The minimum Gasteiger partial charge on any atom is -0.542 e. The molecule has 3 N–H and O–H groups in total. The van der Waals surface area contributed by atoms with Crippen LogP contribution in [0.4, 0.5) is 13.2 Å². The molecule has 90 valence electrons. The van der Waals surface area contributed by atoms with Crippen molar-refractivity contribution in [3.05, 3.63) is 17.5 Å². The Bertz CT molecular complexity index is 341. The molecule has 0 amide bonds. The molecule has 16 heavy (non-hydrogen) atoms. The summed E-state index contributed by atoms with van der Waals surface area (Å²) in [4.78, 5) is 8.78. The Labute approximate surface area is 88.7 Å². The Balaban J connectivity index is 0.000000168. The number of hydrogen-bond donors (Lipinski definition) is 2. The fraction of sp³-hybridized carbons (Fsp3) is 0.500. The van der Waals surface area contributed by atoms with E-state index in [2.05, 4.69) is 15.5 Å². The number of aromatic nitrogens is 2. The van der Waals surface area contributed by atoms with Crippen LogP contribution < -0.4 is 10.4 Å². The molecule has 0 fully saturated rings. The highest BCUT2D eigenvalue weighted by Gasteiger charge is 2.28. The molecule has 0 saturated carbocycles. The molecule has 5 nitrogen and oxygen atoms in total. The second-order valence-corrected chi connectivity index (χ2v) is 3.19. The first-order valence-corrected chi connectivity index (χ1v) is 4.52. The molecule has 2 rings (SSSR count). The van der Waals surface area contributed by atoms with Gasteiger partial charge in [0.25, 0.3) is 0 Å².